The highest BCUT2D eigenvalue weighted by Crippen LogP contribution is 2.36. The minimum absolute atomic E-state index is 0.113. The third-order valence-corrected chi connectivity index (χ3v) is 3.43. The molecule has 4 nitrogen and oxygen atoms in total. The fourth-order valence-electron chi connectivity index (χ4n) is 1.56. The van der Waals surface area contributed by atoms with Crippen molar-refractivity contribution in [2.24, 2.45) is 0 Å². The molecule has 0 amide bonds. The first kappa shape index (κ1) is 14.8. The van der Waals surface area contributed by atoms with E-state index < -0.39 is 28.2 Å². The van der Waals surface area contributed by atoms with Gasteiger partial charge < -0.3 is 10.8 Å². The standard InChI is InChI=1S/C12H6Cl3FN2O2/c13-4-1-2-5(6(14)3-4)10-8(16)9(17)7(15)11(18-10)12(19)20/h1-3H,(H2,17,18)(H,19,20). The summed E-state index contributed by atoms with van der Waals surface area (Å²) in [5, 5.41) is 8.99. The lowest BCUT2D eigenvalue weighted by Gasteiger charge is -2.10. The number of nitrogens with zero attached hydrogens (tertiary/aromatic N) is 1. The molecule has 2 rings (SSSR count). The number of halogens is 4. The predicted octanol–water partition coefficient (Wildman–Crippen LogP) is 4.13. The molecule has 0 bridgehead atoms. The quantitative estimate of drug-likeness (QED) is 0.865. The molecule has 1 heterocycles. The highest BCUT2D eigenvalue weighted by atomic mass is 35.5. The van der Waals surface area contributed by atoms with Crippen LogP contribution in [0.15, 0.2) is 18.2 Å². The second kappa shape index (κ2) is 5.44. The fourth-order valence-corrected chi connectivity index (χ4v) is 2.27. The van der Waals surface area contributed by atoms with Gasteiger partial charge in [-0.05, 0) is 18.2 Å². The van der Waals surface area contributed by atoms with Crippen molar-refractivity contribution in [1.29, 1.82) is 0 Å². The number of rotatable bonds is 2. The average Bonchev–Trinajstić information content (AvgIpc) is 2.37. The van der Waals surface area contributed by atoms with E-state index in [-0.39, 0.29) is 16.3 Å². The predicted molar refractivity (Wildman–Crippen MR) is 76.0 cm³/mol. The number of aromatic carboxylic acids is 1. The summed E-state index contributed by atoms with van der Waals surface area (Å²) >= 11 is 17.3. The zero-order chi connectivity index (χ0) is 15.0. The van der Waals surface area contributed by atoms with Crippen molar-refractivity contribution < 1.29 is 14.3 Å². The lowest BCUT2D eigenvalue weighted by atomic mass is 10.1. The largest absolute Gasteiger partial charge is 0.476 e. The van der Waals surface area contributed by atoms with E-state index in [1.54, 1.807) is 0 Å². The van der Waals surface area contributed by atoms with Crippen LogP contribution in [0.4, 0.5) is 10.1 Å². The van der Waals surface area contributed by atoms with Crippen LogP contribution in [0.25, 0.3) is 11.3 Å². The first-order valence-electron chi connectivity index (χ1n) is 5.16. The molecular weight excluding hydrogens is 330 g/mol. The molecule has 0 unspecified atom stereocenters. The maximum atomic E-state index is 14.1. The van der Waals surface area contributed by atoms with Gasteiger partial charge >= 0.3 is 5.97 Å². The Morgan fingerprint density at radius 3 is 2.50 bits per heavy atom. The van der Waals surface area contributed by atoms with Crippen LogP contribution in [0, 0.1) is 5.82 Å². The number of nitrogens with two attached hydrogens (primary N) is 1. The van der Waals surface area contributed by atoms with Crippen molar-refractivity contribution in [3.05, 3.63) is 44.8 Å². The Kier molecular flexibility index (Phi) is 4.04. The van der Waals surface area contributed by atoms with E-state index >= 15 is 0 Å². The van der Waals surface area contributed by atoms with E-state index in [0.29, 0.717) is 5.02 Å². The first-order valence-corrected chi connectivity index (χ1v) is 6.29. The number of anilines is 1. The number of pyridine rings is 1. The Balaban J connectivity index is 2.77. The first-order chi connectivity index (χ1) is 9.32. The van der Waals surface area contributed by atoms with E-state index in [4.69, 9.17) is 45.6 Å². The van der Waals surface area contributed by atoms with Gasteiger partial charge in [-0.2, -0.15) is 0 Å². The third kappa shape index (κ3) is 2.52. The van der Waals surface area contributed by atoms with Gasteiger partial charge in [-0.25, -0.2) is 14.2 Å². The Bertz CT molecular complexity index is 722. The zero-order valence-electron chi connectivity index (χ0n) is 9.62. The Labute approximate surface area is 127 Å². The maximum absolute atomic E-state index is 14.1. The van der Waals surface area contributed by atoms with E-state index in [9.17, 15) is 9.18 Å². The van der Waals surface area contributed by atoms with E-state index in [2.05, 4.69) is 4.98 Å². The molecule has 2 aromatic rings. The van der Waals surface area contributed by atoms with Gasteiger partial charge in [-0.3, -0.25) is 0 Å². The lowest BCUT2D eigenvalue weighted by Crippen LogP contribution is -2.08. The summed E-state index contributed by atoms with van der Waals surface area (Å²) < 4.78 is 14.1. The van der Waals surface area contributed by atoms with Crippen molar-refractivity contribution >= 4 is 46.5 Å². The molecule has 20 heavy (non-hydrogen) atoms. The molecule has 0 aliphatic heterocycles. The number of hydrogen-bond acceptors (Lipinski definition) is 3. The highest BCUT2D eigenvalue weighted by Gasteiger charge is 2.22. The van der Waals surface area contributed by atoms with Crippen molar-refractivity contribution in [2.75, 3.05) is 5.73 Å². The van der Waals surface area contributed by atoms with Crippen molar-refractivity contribution in [3.63, 3.8) is 0 Å². The summed E-state index contributed by atoms with van der Waals surface area (Å²) in [5.41, 5.74) is 4.28. The molecule has 0 radical (unpaired) electrons. The van der Waals surface area contributed by atoms with Gasteiger partial charge in [-0.15, -0.1) is 0 Å². The second-order valence-corrected chi connectivity index (χ2v) is 5.00. The zero-order valence-corrected chi connectivity index (χ0v) is 11.9. The summed E-state index contributed by atoms with van der Waals surface area (Å²) in [4.78, 5) is 14.7. The Morgan fingerprint density at radius 2 is 1.95 bits per heavy atom. The fraction of sp³-hybridized carbons (Fsp3) is 0. The smallest absolute Gasteiger partial charge is 0.356 e. The molecule has 0 atom stereocenters. The highest BCUT2D eigenvalue weighted by molar-refractivity contribution is 6.37. The van der Waals surface area contributed by atoms with Crippen LogP contribution in [0.5, 0.6) is 0 Å². The number of nitrogen functional groups attached to an aromatic ring is 1. The molecule has 104 valence electrons. The van der Waals surface area contributed by atoms with Crippen molar-refractivity contribution in [1.82, 2.24) is 4.98 Å². The monoisotopic (exact) mass is 334 g/mol. The number of aromatic nitrogens is 1. The minimum atomic E-state index is -1.42. The number of hydrogen-bond donors (Lipinski definition) is 2. The van der Waals surface area contributed by atoms with Crippen LogP contribution in [-0.2, 0) is 0 Å². The maximum Gasteiger partial charge on any atom is 0.356 e. The third-order valence-electron chi connectivity index (χ3n) is 2.50. The van der Waals surface area contributed by atoms with Gasteiger partial charge in [-0.1, -0.05) is 34.8 Å². The van der Waals surface area contributed by atoms with Gasteiger partial charge in [0, 0.05) is 10.6 Å². The van der Waals surface area contributed by atoms with Gasteiger partial charge in [0.15, 0.2) is 11.5 Å². The summed E-state index contributed by atoms with van der Waals surface area (Å²) in [5.74, 6) is -2.36. The molecule has 3 N–H and O–H groups in total. The molecule has 0 spiro atoms. The molecule has 0 fully saturated rings. The number of carboxylic acid groups (broad SMARTS) is 1. The van der Waals surface area contributed by atoms with Crippen LogP contribution in [0.3, 0.4) is 0 Å². The van der Waals surface area contributed by atoms with Gasteiger partial charge in [0.1, 0.15) is 5.69 Å². The van der Waals surface area contributed by atoms with Crippen LogP contribution in [-0.4, -0.2) is 16.1 Å². The van der Waals surface area contributed by atoms with E-state index in [0.717, 1.165) is 0 Å². The topological polar surface area (TPSA) is 76.2 Å². The van der Waals surface area contributed by atoms with Crippen molar-refractivity contribution in [2.45, 2.75) is 0 Å². The van der Waals surface area contributed by atoms with Crippen molar-refractivity contribution in [3.8, 4) is 11.3 Å². The Hall–Kier alpha value is -1.56. The molecule has 0 aliphatic rings. The molecule has 8 heteroatoms. The molecule has 0 saturated heterocycles. The Morgan fingerprint density at radius 1 is 1.30 bits per heavy atom. The normalized spacial score (nSPS) is 10.6. The van der Waals surface area contributed by atoms with E-state index in [1.807, 2.05) is 0 Å². The average molecular weight is 336 g/mol. The second-order valence-electron chi connectivity index (χ2n) is 3.78. The van der Waals surface area contributed by atoms with Gasteiger partial charge in [0.05, 0.1) is 15.7 Å². The molecule has 1 aromatic carbocycles. The number of carboxylic acids is 1. The van der Waals surface area contributed by atoms with Crippen LogP contribution in [0.2, 0.25) is 15.1 Å². The molecular formula is C12H6Cl3FN2O2. The van der Waals surface area contributed by atoms with E-state index in [1.165, 1.54) is 18.2 Å². The van der Waals surface area contributed by atoms with Crippen LogP contribution < -0.4 is 5.73 Å². The summed E-state index contributed by atoms with van der Waals surface area (Å²) in [7, 11) is 0. The van der Waals surface area contributed by atoms with Crippen LogP contribution in [0.1, 0.15) is 10.5 Å². The van der Waals surface area contributed by atoms with Crippen LogP contribution >= 0.6 is 34.8 Å². The SMILES string of the molecule is Nc1c(F)c(-c2ccc(Cl)cc2Cl)nc(C(=O)O)c1Cl. The number of carbonyl (C=O) groups is 1. The summed E-state index contributed by atoms with van der Waals surface area (Å²) in [6.07, 6.45) is 0. The molecule has 0 saturated carbocycles. The van der Waals surface area contributed by atoms with Gasteiger partial charge in [0.25, 0.3) is 0 Å². The number of benzene rings is 1. The molecule has 0 aliphatic carbocycles. The minimum Gasteiger partial charge on any atom is -0.476 e. The molecule has 1 aromatic heterocycles. The van der Waals surface area contributed by atoms with Gasteiger partial charge in [0.2, 0.25) is 0 Å². The summed E-state index contributed by atoms with van der Waals surface area (Å²) in [6.45, 7) is 0. The lowest BCUT2D eigenvalue weighted by molar-refractivity contribution is 0.0691. The summed E-state index contributed by atoms with van der Waals surface area (Å²) in [6, 6.07) is 4.26.